The van der Waals surface area contributed by atoms with Gasteiger partial charge in [0.1, 0.15) is 0 Å². The van der Waals surface area contributed by atoms with Crippen LogP contribution in [0.4, 0.5) is 0 Å². The van der Waals surface area contributed by atoms with Gasteiger partial charge in [-0.2, -0.15) is 0 Å². The highest BCUT2D eigenvalue weighted by Crippen LogP contribution is 1.80. The molecule has 0 aliphatic carbocycles. The SMILES string of the molecule is CCC=COCCNC. The Hall–Kier alpha value is -0.500. The Morgan fingerprint density at radius 2 is 2.33 bits per heavy atom. The molecule has 0 fully saturated rings. The monoisotopic (exact) mass is 129 g/mol. The summed E-state index contributed by atoms with van der Waals surface area (Å²) in [4.78, 5) is 0. The number of hydrogen-bond acceptors (Lipinski definition) is 2. The molecule has 0 rings (SSSR count). The van der Waals surface area contributed by atoms with Gasteiger partial charge in [0.2, 0.25) is 0 Å². The minimum Gasteiger partial charge on any atom is -0.500 e. The first-order valence-electron chi connectivity index (χ1n) is 3.33. The molecule has 0 aliphatic rings. The van der Waals surface area contributed by atoms with Gasteiger partial charge in [-0.15, -0.1) is 0 Å². The fraction of sp³-hybridized carbons (Fsp3) is 0.714. The van der Waals surface area contributed by atoms with Crippen molar-refractivity contribution in [2.75, 3.05) is 20.2 Å². The van der Waals surface area contributed by atoms with Crippen molar-refractivity contribution in [3.8, 4) is 0 Å². The van der Waals surface area contributed by atoms with Crippen molar-refractivity contribution in [3.63, 3.8) is 0 Å². The predicted molar refractivity (Wildman–Crippen MR) is 39.3 cm³/mol. The van der Waals surface area contributed by atoms with E-state index in [9.17, 15) is 0 Å². The molecular weight excluding hydrogens is 114 g/mol. The van der Waals surface area contributed by atoms with E-state index in [4.69, 9.17) is 4.74 Å². The van der Waals surface area contributed by atoms with Crippen LogP contribution in [0.1, 0.15) is 13.3 Å². The molecule has 0 aromatic rings. The fourth-order valence-electron chi connectivity index (χ4n) is 0.393. The highest BCUT2D eigenvalue weighted by molar-refractivity contribution is 4.70. The Kier molecular flexibility index (Phi) is 7.08. The summed E-state index contributed by atoms with van der Waals surface area (Å²) in [6.07, 6.45) is 4.78. The Bertz CT molecular complexity index is 71.3. The zero-order valence-corrected chi connectivity index (χ0v) is 6.18. The van der Waals surface area contributed by atoms with Crippen LogP contribution in [0.25, 0.3) is 0 Å². The summed E-state index contributed by atoms with van der Waals surface area (Å²) in [6, 6.07) is 0. The molecule has 0 spiro atoms. The zero-order valence-electron chi connectivity index (χ0n) is 6.18. The van der Waals surface area contributed by atoms with Gasteiger partial charge in [-0.1, -0.05) is 13.0 Å². The van der Waals surface area contributed by atoms with E-state index in [1.807, 2.05) is 13.1 Å². The van der Waals surface area contributed by atoms with Gasteiger partial charge in [-0.25, -0.2) is 0 Å². The van der Waals surface area contributed by atoms with Crippen LogP contribution in [-0.4, -0.2) is 20.2 Å². The van der Waals surface area contributed by atoms with Crippen molar-refractivity contribution in [3.05, 3.63) is 12.3 Å². The fourth-order valence-corrected chi connectivity index (χ4v) is 0.393. The molecule has 0 amide bonds. The summed E-state index contributed by atoms with van der Waals surface area (Å²) in [5, 5.41) is 2.99. The topological polar surface area (TPSA) is 21.3 Å². The highest BCUT2D eigenvalue weighted by Gasteiger charge is 1.76. The first-order valence-corrected chi connectivity index (χ1v) is 3.33. The van der Waals surface area contributed by atoms with Crippen molar-refractivity contribution in [1.82, 2.24) is 5.32 Å². The first kappa shape index (κ1) is 8.50. The third-order valence-electron chi connectivity index (χ3n) is 0.898. The third-order valence-corrected chi connectivity index (χ3v) is 0.898. The second kappa shape index (κ2) is 7.50. The van der Waals surface area contributed by atoms with E-state index in [0.29, 0.717) is 0 Å². The molecule has 54 valence electrons. The lowest BCUT2D eigenvalue weighted by Crippen LogP contribution is -2.12. The van der Waals surface area contributed by atoms with Gasteiger partial charge < -0.3 is 10.1 Å². The molecule has 0 aliphatic heterocycles. The molecule has 0 saturated carbocycles. The van der Waals surface area contributed by atoms with Gasteiger partial charge in [-0.3, -0.25) is 0 Å². The lowest BCUT2D eigenvalue weighted by atomic mass is 10.5. The number of allylic oxidation sites excluding steroid dienone is 1. The molecule has 2 heteroatoms. The molecule has 1 N–H and O–H groups in total. The number of nitrogens with one attached hydrogen (secondary N) is 1. The molecule has 0 heterocycles. The first-order chi connectivity index (χ1) is 4.41. The number of ether oxygens (including phenoxy) is 1. The van der Waals surface area contributed by atoms with Crippen LogP contribution in [0.15, 0.2) is 12.3 Å². The molecule has 0 aromatic carbocycles. The minimum atomic E-state index is 0.757. The summed E-state index contributed by atoms with van der Waals surface area (Å²) in [5.41, 5.74) is 0. The molecule has 2 nitrogen and oxygen atoms in total. The molecule has 0 unspecified atom stereocenters. The summed E-state index contributed by atoms with van der Waals surface area (Å²) < 4.78 is 5.07. The maximum atomic E-state index is 5.07. The van der Waals surface area contributed by atoms with Crippen LogP contribution in [-0.2, 0) is 4.74 Å². The minimum absolute atomic E-state index is 0.757. The molecule has 9 heavy (non-hydrogen) atoms. The maximum Gasteiger partial charge on any atom is 0.0997 e. The normalized spacial score (nSPS) is 10.4. The van der Waals surface area contributed by atoms with E-state index in [-0.39, 0.29) is 0 Å². The molecule has 0 atom stereocenters. The quantitative estimate of drug-likeness (QED) is 0.444. The van der Waals surface area contributed by atoms with Crippen molar-refractivity contribution in [2.24, 2.45) is 0 Å². The molecular formula is C7H15NO. The molecule has 0 radical (unpaired) electrons. The second-order valence-electron chi connectivity index (χ2n) is 1.75. The molecule has 0 saturated heterocycles. The van der Waals surface area contributed by atoms with Crippen LogP contribution in [0.2, 0.25) is 0 Å². The lowest BCUT2D eigenvalue weighted by molar-refractivity contribution is 0.251. The smallest absolute Gasteiger partial charge is 0.0997 e. The van der Waals surface area contributed by atoms with E-state index in [2.05, 4.69) is 12.2 Å². The Morgan fingerprint density at radius 1 is 1.56 bits per heavy atom. The summed E-state index contributed by atoms with van der Waals surface area (Å²) in [7, 11) is 1.91. The van der Waals surface area contributed by atoms with Gasteiger partial charge in [0.05, 0.1) is 12.9 Å². The zero-order chi connectivity index (χ0) is 6.95. The average molecular weight is 129 g/mol. The van der Waals surface area contributed by atoms with Crippen molar-refractivity contribution < 1.29 is 4.74 Å². The van der Waals surface area contributed by atoms with Crippen LogP contribution in [0, 0.1) is 0 Å². The second-order valence-corrected chi connectivity index (χ2v) is 1.75. The van der Waals surface area contributed by atoms with E-state index in [1.165, 1.54) is 0 Å². The number of hydrogen-bond donors (Lipinski definition) is 1. The summed E-state index contributed by atoms with van der Waals surface area (Å²) >= 11 is 0. The molecule has 0 aromatic heterocycles. The van der Waals surface area contributed by atoms with Gasteiger partial charge in [0, 0.05) is 6.54 Å². The van der Waals surface area contributed by atoms with Crippen LogP contribution < -0.4 is 5.32 Å². The van der Waals surface area contributed by atoms with E-state index in [1.54, 1.807) is 6.26 Å². The van der Waals surface area contributed by atoms with Gasteiger partial charge in [0.15, 0.2) is 0 Å². The van der Waals surface area contributed by atoms with Crippen LogP contribution in [0.5, 0.6) is 0 Å². The average Bonchev–Trinajstić information content (AvgIpc) is 1.89. The molecule has 0 bridgehead atoms. The standard InChI is InChI=1S/C7H15NO/c1-3-4-6-9-7-5-8-2/h4,6,8H,3,5,7H2,1-2H3. The van der Waals surface area contributed by atoms with Crippen LogP contribution >= 0.6 is 0 Å². The van der Waals surface area contributed by atoms with Crippen molar-refractivity contribution >= 4 is 0 Å². The summed E-state index contributed by atoms with van der Waals surface area (Å²) in [6.45, 7) is 3.75. The summed E-state index contributed by atoms with van der Waals surface area (Å²) in [5.74, 6) is 0. The third kappa shape index (κ3) is 7.50. The van der Waals surface area contributed by atoms with Gasteiger partial charge in [-0.05, 0) is 13.5 Å². The Morgan fingerprint density at radius 3 is 2.89 bits per heavy atom. The largest absolute Gasteiger partial charge is 0.500 e. The highest BCUT2D eigenvalue weighted by atomic mass is 16.5. The number of likely N-dealkylation sites (N-methyl/N-ethyl adjacent to an activating group) is 1. The Labute approximate surface area is 56.9 Å². The van der Waals surface area contributed by atoms with Crippen molar-refractivity contribution in [1.29, 1.82) is 0 Å². The van der Waals surface area contributed by atoms with Crippen LogP contribution in [0.3, 0.4) is 0 Å². The van der Waals surface area contributed by atoms with Gasteiger partial charge in [0.25, 0.3) is 0 Å². The van der Waals surface area contributed by atoms with Crippen molar-refractivity contribution in [2.45, 2.75) is 13.3 Å². The van der Waals surface area contributed by atoms with Gasteiger partial charge >= 0.3 is 0 Å². The van der Waals surface area contributed by atoms with E-state index >= 15 is 0 Å². The lowest BCUT2D eigenvalue weighted by Gasteiger charge is -1.97. The Balaban J connectivity index is 2.82. The maximum absolute atomic E-state index is 5.07. The van der Waals surface area contributed by atoms with E-state index < -0.39 is 0 Å². The van der Waals surface area contributed by atoms with E-state index in [0.717, 1.165) is 19.6 Å². The number of rotatable bonds is 5. The predicted octanol–water partition coefficient (Wildman–Crippen LogP) is 1.15.